The molecule has 0 N–H and O–H groups in total. The third-order valence-electron chi connectivity index (χ3n) is 3.61. The lowest BCUT2D eigenvalue weighted by Gasteiger charge is -2.35. The average molecular weight is 259 g/mol. The molecule has 1 atom stereocenters. The van der Waals surface area contributed by atoms with Crippen LogP contribution in [0.3, 0.4) is 0 Å². The Bertz CT molecular complexity index is 568. The van der Waals surface area contributed by atoms with Gasteiger partial charge in [-0.25, -0.2) is 4.98 Å². The number of fused-ring (bicyclic) bond motifs is 1. The molecule has 18 heavy (non-hydrogen) atoms. The van der Waals surface area contributed by atoms with Crippen LogP contribution in [0.15, 0.2) is 42.6 Å². The maximum Gasteiger partial charge on any atom is 0.134 e. The van der Waals surface area contributed by atoms with Crippen LogP contribution < -0.4 is 0 Å². The van der Waals surface area contributed by atoms with Crippen molar-refractivity contribution in [2.24, 2.45) is 0 Å². The van der Waals surface area contributed by atoms with Crippen LogP contribution >= 0.6 is 11.6 Å². The number of benzene rings is 1. The molecule has 0 fully saturated rings. The second kappa shape index (κ2) is 4.71. The van der Waals surface area contributed by atoms with E-state index < -0.39 is 0 Å². The molecule has 2 nitrogen and oxygen atoms in total. The number of halogens is 1. The van der Waals surface area contributed by atoms with Crippen LogP contribution in [0.5, 0.6) is 0 Å². The van der Waals surface area contributed by atoms with Gasteiger partial charge in [-0.2, -0.15) is 0 Å². The van der Waals surface area contributed by atoms with E-state index >= 15 is 0 Å². The second-order valence-corrected chi connectivity index (χ2v) is 5.07. The van der Waals surface area contributed by atoms with Gasteiger partial charge in [-0.1, -0.05) is 41.9 Å². The Morgan fingerprint density at radius 1 is 1.17 bits per heavy atom. The molecule has 3 heteroatoms. The van der Waals surface area contributed by atoms with Crippen molar-refractivity contribution in [3.63, 3.8) is 0 Å². The Kier molecular flexibility index (Phi) is 3.06. The van der Waals surface area contributed by atoms with E-state index in [0.29, 0.717) is 5.15 Å². The third-order valence-corrected chi connectivity index (χ3v) is 3.92. The van der Waals surface area contributed by atoms with Gasteiger partial charge in [0.05, 0.1) is 6.04 Å². The molecule has 1 aliphatic heterocycles. The molecular formula is C15H15ClN2. The topological polar surface area (TPSA) is 16.1 Å². The van der Waals surface area contributed by atoms with Gasteiger partial charge in [0.1, 0.15) is 5.15 Å². The number of aromatic nitrogens is 1. The summed E-state index contributed by atoms with van der Waals surface area (Å²) in [6.45, 7) is 1.05. The molecule has 1 aromatic heterocycles. The van der Waals surface area contributed by atoms with Crippen molar-refractivity contribution in [3.05, 3.63) is 64.4 Å². The summed E-state index contributed by atoms with van der Waals surface area (Å²) in [5.41, 5.74) is 3.86. The smallest absolute Gasteiger partial charge is 0.134 e. The number of hydrogen-bond donors (Lipinski definition) is 0. The van der Waals surface area contributed by atoms with Crippen molar-refractivity contribution in [1.29, 1.82) is 0 Å². The van der Waals surface area contributed by atoms with Gasteiger partial charge in [0, 0.05) is 18.3 Å². The van der Waals surface area contributed by atoms with Crippen molar-refractivity contribution in [2.45, 2.75) is 12.5 Å². The average Bonchev–Trinajstić information content (AvgIpc) is 2.40. The van der Waals surface area contributed by atoms with Crippen molar-refractivity contribution >= 4 is 11.6 Å². The van der Waals surface area contributed by atoms with Gasteiger partial charge >= 0.3 is 0 Å². The minimum Gasteiger partial charge on any atom is -0.295 e. The Morgan fingerprint density at radius 2 is 1.94 bits per heavy atom. The summed E-state index contributed by atoms with van der Waals surface area (Å²) in [4.78, 5) is 6.54. The van der Waals surface area contributed by atoms with E-state index in [4.69, 9.17) is 11.6 Å². The van der Waals surface area contributed by atoms with Crippen molar-refractivity contribution in [1.82, 2.24) is 9.88 Å². The van der Waals surface area contributed by atoms with E-state index in [0.717, 1.165) is 18.5 Å². The lowest BCUT2D eigenvalue weighted by atomic mass is 9.89. The maximum absolute atomic E-state index is 6.25. The first-order valence-corrected chi connectivity index (χ1v) is 6.53. The highest BCUT2D eigenvalue weighted by Crippen LogP contribution is 2.36. The maximum atomic E-state index is 6.25. The summed E-state index contributed by atoms with van der Waals surface area (Å²) in [7, 11) is 2.14. The van der Waals surface area contributed by atoms with Gasteiger partial charge < -0.3 is 0 Å². The lowest BCUT2D eigenvalue weighted by Crippen LogP contribution is -2.33. The Morgan fingerprint density at radius 3 is 2.78 bits per heavy atom. The van der Waals surface area contributed by atoms with E-state index in [9.17, 15) is 0 Å². The van der Waals surface area contributed by atoms with Gasteiger partial charge in [-0.15, -0.1) is 0 Å². The fraction of sp³-hybridized carbons (Fsp3) is 0.267. The molecule has 0 bridgehead atoms. The summed E-state index contributed by atoms with van der Waals surface area (Å²) in [5.74, 6) is 0. The monoisotopic (exact) mass is 258 g/mol. The standard InChI is InChI=1S/C15H15ClN2/c1-18-10-8-11-5-2-3-6-12(11)14(18)13-7-4-9-17-15(13)16/h2-7,9,14H,8,10H2,1H3. The first kappa shape index (κ1) is 11.7. The van der Waals surface area contributed by atoms with Crippen molar-refractivity contribution < 1.29 is 0 Å². The van der Waals surface area contributed by atoms with Gasteiger partial charge in [0.2, 0.25) is 0 Å². The van der Waals surface area contributed by atoms with Crippen LogP contribution in [0.4, 0.5) is 0 Å². The van der Waals surface area contributed by atoms with Crippen molar-refractivity contribution in [2.75, 3.05) is 13.6 Å². The van der Waals surface area contributed by atoms with Gasteiger partial charge in [0.15, 0.2) is 0 Å². The molecule has 1 aliphatic rings. The van der Waals surface area contributed by atoms with E-state index in [2.05, 4.69) is 47.3 Å². The highest BCUT2D eigenvalue weighted by molar-refractivity contribution is 6.30. The zero-order valence-corrected chi connectivity index (χ0v) is 11.1. The molecule has 2 aromatic rings. The van der Waals surface area contributed by atoms with E-state index in [-0.39, 0.29) is 6.04 Å². The largest absolute Gasteiger partial charge is 0.295 e. The van der Waals surface area contributed by atoms with Crippen LogP contribution in [0.1, 0.15) is 22.7 Å². The van der Waals surface area contributed by atoms with E-state index in [1.54, 1.807) is 6.20 Å². The number of rotatable bonds is 1. The molecule has 2 heterocycles. The molecule has 0 spiro atoms. The summed E-state index contributed by atoms with van der Waals surface area (Å²) >= 11 is 6.25. The Labute approximate surface area is 112 Å². The lowest BCUT2D eigenvalue weighted by molar-refractivity contribution is 0.264. The molecule has 0 radical (unpaired) electrons. The number of hydrogen-bond acceptors (Lipinski definition) is 2. The molecule has 0 amide bonds. The van der Waals surface area contributed by atoms with Crippen LogP contribution in [0.2, 0.25) is 5.15 Å². The van der Waals surface area contributed by atoms with E-state index in [1.807, 2.05) is 6.07 Å². The number of nitrogens with zero attached hydrogens (tertiary/aromatic N) is 2. The molecule has 92 valence electrons. The molecule has 0 saturated heterocycles. The number of likely N-dealkylation sites (N-methyl/N-ethyl adjacent to an activating group) is 1. The minimum atomic E-state index is 0.219. The molecule has 0 aliphatic carbocycles. The fourth-order valence-electron chi connectivity index (χ4n) is 2.70. The summed E-state index contributed by atoms with van der Waals surface area (Å²) < 4.78 is 0. The van der Waals surface area contributed by atoms with Gasteiger partial charge in [-0.3, -0.25) is 4.90 Å². The predicted octanol–water partition coefficient (Wildman–Crippen LogP) is 3.31. The highest BCUT2D eigenvalue weighted by Gasteiger charge is 2.27. The Balaban J connectivity index is 2.14. The van der Waals surface area contributed by atoms with Crippen LogP contribution in [0, 0.1) is 0 Å². The highest BCUT2D eigenvalue weighted by atomic mass is 35.5. The second-order valence-electron chi connectivity index (χ2n) is 4.72. The molecular weight excluding hydrogens is 244 g/mol. The van der Waals surface area contributed by atoms with Crippen LogP contribution in [-0.4, -0.2) is 23.5 Å². The van der Waals surface area contributed by atoms with Crippen LogP contribution in [-0.2, 0) is 6.42 Å². The molecule has 3 rings (SSSR count). The van der Waals surface area contributed by atoms with Crippen LogP contribution in [0.25, 0.3) is 0 Å². The normalized spacial score (nSPS) is 19.6. The zero-order valence-electron chi connectivity index (χ0n) is 10.3. The Hall–Kier alpha value is -1.38. The first-order chi connectivity index (χ1) is 8.77. The zero-order chi connectivity index (χ0) is 12.5. The summed E-state index contributed by atoms with van der Waals surface area (Å²) in [6.07, 6.45) is 2.83. The van der Waals surface area contributed by atoms with Crippen molar-refractivity contribution in [3.8, 4) is 0 Å². The molecule has 1 aromatic carbocycles. The van der Waals surface area contributed by atoms with E-state index in [1.165, 1.54) is 11.1 Å². The van der Waals surface area contributed by atoms with Gasteiger partial charge in [0.25, 0.3) is 0 Å². The minimum absolute atomic E-state index is 0.219. The quantitative estimate of drug-likeness (QED) is 0.730. The summed E-state index contributed by atoms with van der Waals surface area (Å²) in [6, 6.07) is 12.8. The predicted molar refractivity (Wildman–Crippen MR) is 73.9 cm³/mol. The fourth-order valence-corrected chi connectivity index (χ4v) is 2.92. The molecule has 1 unspecified atom stereocenters. The molecule has 0 saturated carbocycles. The first-order valence-electron chi connectivity index (χ1n) is 6.16. The summed E-state index contributed by atoms with van der Waals surface area (Å²) in [5, 5.41) is 0.603. The van der Waals surface area contributed by atoms with Gasteiger partial charge in [-0.05, 0) is 30.7 Å². The SMILES string of the molecule is CN1CCc2ccccc2C1c1cccnc1Cl. The number of pyridine rings is 1. The third kappa shape index (κ3) is 1.92.